The third-order valence-electron chi connectivity index (χ3n) is 4.33. The molecule has 0 aliphatic rings. The summed E-state index contributed by atoms with van der Waals surface area (Å²) >= 11 is 0. The van der Waals surface area contributed by atoms with Crippen molar-refractivity contribution in [3.63, 3.8) is 0 Å². The topological polar surface area (TPSA) is 62.4 Å². The standard InChI is InChI=1S/C20H32N4O2/c1-15(2)16-10-17(12-19(11-16)26-9-8-25-5)20-18(13-22-23-20)14-24(4)7-6-21-3/h10-13,15,21H,6-9,14H2,1-5H3,(H,22,23). The molecule has 0 atom stereocenters. The van der Waals surface area contributed by atoms with Crippen molar-refractivity contribution in [2.24, 2.45) is 0 Å². The molecule has 26 heavy (non-hydrogen) atoms. The van der Waals surface area contributed by atoms with Gasteiger partial charge in [0, 0.05) is 44.1 Å². The Morgan fingerprint density at radius 3 is 2.73 bits per heavy atom. The Kier molecular flexibility index (Phi) is 8.09. The minimum atomic E-state index is 0.417. The van der Waals surface area contributed by atoms with Gasteiger partial charge >= 0.3 is 0 Å². The van der Waals surface area contributed by atoms with Crippen LogP contribution < -0.4 is 10.1 Å². The van der Waals surface area contributed by atoms with Crippen molar-refractivity contribution < 1.29 is 9.47 Å². The van der Waals surface area contributed by atoms with E-state index in [0.29, 0.717) is 19.1 Å². The Morgan fingerprint density at radius 1 is 1.23 bits per heavy atom. The number of methoxy groups -OCH3 is 1. The van der Waals surface area contributed by atoms with E-state index < -0.39 is 0 Å². The van der Waals surface area contributed by atoms with Gasteiger partial charge in [-0.3, -0.25) is 5.10 Å². The van der Waals surface area contributed by atoms with Crippen molar-refractivity contribution in [1.29, 1.82) is 0 Å². The number of H-pyrrole nitrogens is 1. The lowest BCUT2D eigenvalue weighted by Gasteiger charge is -2.17. The zero-order valence-electron chi connectivity index (χ0n) is 16.6. The fourth-order valence-corrected chi connectivity index (χ4v) is 2.78. The number of ether oxygens (including phenoxy) is 2. The third-order valence-corrected chi connectivity index (χ3v) is 4.33. The van der Waals surface area contributed by atoms with Crippen LogP contribution in [0.15, 0.2) is 24.4 Å². The van der Waals surface area contributed by atoms with Crippen LogP contribution in [-0.4, -0.2) is 62.6 Å². The molecule has 6 heteroatoms. The number of benzene rings is 1. The number of rotatable bonds is 11. The molecule has 2 aromatic rings. The summed E-state index contributed by atoms with van der Waals surface area (Å²) in [5.74, 6) is 1.28. The summed E-state index contributed by atoms with van der Waals surface area (Å²) < 4.78 is 11.0. The molecule has 0 saturated carbocycles. The fourth-order valence-electron chi connectivity index (χ4n) is 2.78. The van der Waals surface area contributed by atoms with Gasteiger partial charge in [-0.05, 0) is 43.8 Å². The summed E-state index contributed by atoms with van der Waals surface area (Å²) in [7, 11) is 5.78. The van der Waals surface area contributed by atoms with Crippen LogP contribution in [0.25, 0.3) is 11.3 Å². The van der Waals surface area contributed by atoms with E-state index in [9.17, 15) is 0 Å². The number of aromatic amines is 1. The molecule has 0 fully saturated rings. The van der Waals surface area contributed by atoms with Crippen LogP contribution in [0.1, 0.15) is 30.9 Å². The lowest BCUT2D eigenvalue weighted by atomic mass is 9.98. The van der Waals surface area contributed by atoms with E-state index in [0.717, 1.165) is 36.6 Å². The maximum Gasteiger partial charge on any atom is 0.120 e. The van der Waals surface area contributed by atoms with Crippen LogP contribution in [0, 0.1) is 0 Å². The molecule has 0 spiro atoms. The number of aromatic nitrogens is 2. The van der Waals surface area contributed by atoms with Gasteiger partial charge in [0.2, 0.25) is 0 Å². The smallest absolute Gasteiger partial charge is 0.120 e. The van der Waals surface area contributed by atoms with Crippen molar-refractivity contribution in [2.75, 3.05) is 47.5 Å². The number of hydrogen-bond acceptors (Lipinski definition) is 5. The van der Waals surface area contributed by atoms with Crippen molar-refractivity contribution in [1.82, 2.24) is 20.4 Å². The van der Waals surface area contributed by atoms with Gasteiger partial charge in [0.25, 0.3) is 0 Å². The minimum Gasteiger partial charge on any atom is -0.491 e. The summed E-state index contributed by atoms with van der Waals surface area (Å²) in [5.41, 5.74) is 4.50. The van der Waals surface area contributed by atoms with Gasteiger partial charge in [0.1, 0.15) is 12.4 Å². The first kappa shape index (κ1) is 20.4. The highest BCUT2D eigenvalue weighted by Gasteiger charge is 2.14. The van der Waals surface area contributed by atoms with Crippen LogP contribution in [0.4, 0.5) is 0 Å². The first-order valence-electron chi connectivity index (χ1n) is 9.18. The zero-order chi connectivity index (χ0) is 18.9. The average molecular weight is 361 g/mol. The van der Waals surface area contributed by atoms with E-state index in [1.54, 1.807) is 7.11 Å². The average Bonchev–Trinajstić information content (AvgIpc) is 3.08. The monoisotopic (exact) mass is 360 g/mol. The number of nitrogens with one attached hydrogen (secondary N) is 2. The Hall–Kier alpha value is -1.89. The number of hydrogen-bond donors (Lipinski definition) is 2. The molecule has 0 saturated heterocycles. The Bertz CT molecular complexity index is 670. The van der Waals surface area contributed by atoms with E-state index >= 15 is 0 Å². The van der Waals surface area contributed by atoms with Crippen LogP contribution in [0.2, 0.25) is 0 Å². The summed E-state index contributed by atoms with van der Waals surface area (Å²) in [6.45, 7) is 8.29. The van der Waals surface area contributed by atoms with Crippen molar-refractivity contribution in [3.05, 3.63) is 35.5 Å². The highest BCUT2D eigenvalue weighted by Crippen LogP contribution is 2.30. The molecular formula is C20H32N4O2. The summed E-state index contributed by atoms with van der Waals surface area (Å²) in [4.78, 5) is 2.28. The van der Waals surface area contributed by atoms with Gasteiger partial charge in [-0.1, -0.05) is 13.8 Å². The van der Waals surface area contributed by atoms with Gasteiger partial charge in [0.05, 0.1) is 12.3 Å². The lowest BCUT2D eigenvalue weighted by molar-refractivity contribution is 0.146. The molecule has 6 nitrogen and oxygen atoms in total. The largest absolute Gasteiger partial charge is 0.491 e. The van der Waals surface area contributed by atoms with E-state index in [2.05, 4.69) is 59.5 Å². The fraction of sp³-hybridized carbons (Fsp3) is 0.550. The SMILES string of the molecule is CNCCN(C)Cc1c[nH]nc1-c1cc(OCCOC)cc(C(C)C)c1. The Balaban J connectivity index is 2.25. The first-order valence-corrected chi connectivity index (χ1v) is 9.18. The lowest BCUT2D eigenvalue weighted by Crippen LogP contribution is -2.27. The number of nitrogens with zero attached hydrogens (tertiary/aromatic N) is 2. The predicted octanol–water partition coefficient (Wildman–Crippen LogP) is 2.88. The second-order valence-electron chi connectivity index (χ2n) is 6.89. The molecule has 0 radical (unpaired) electrons. The Morgan fingerprint density at radius 2 is 2.04 bits per heavy atom. The molecular weight excluding hydrogens is 328 g/mol. The molecule has 1 aromatic heterocycles. The Labute approximate surface area is 156 Å². The van der Waals surface area contributed by atoms with E-state index in [4.69, 9.17) is 9.47 Å². The molecule has 0 unspecified atom stereocenters. The van der Waals surface area contributed by atoms with Gasteiger partial charge in [-0.15, -0.1) is 0 Å². The zero-order valence-corrected chi connectivity index (χ0v) is 16.6. The van der Waals surface area contributed by atoms with Gasteiger partial charge < -0.3 is 19.7 Å². The molecule has 0 amide bonds. The van der Waals surface area contributed by atoms with Gasteiger partial charge in [-0.2, -0.15) is 5.10 Å². The summed E-state index contributed by atoms with van der Waals surface area (Å²) in [5, 5.41) is 10.7. The normalized spacial score (nSPS) is 11.5. The quantitative estimate of drug-likeness (QED) is 0.603. The molecule has 2 rings (SSSR count). The van der Waals surface area contributed by atoms with Crippen molar-refractivity contribution in [2.45, 2.75) is 26.3 Å². The molecule has 1 heterocycles. The van der Waals surface area contributed by atoms with E-state index in [1.165, 1.54) is 11.1 Å². The van der Waals surface area contributed by atoms with E-state index in [-0.39, 0.29) is 0 Å². The molecule has 2 N–H and O–H groups in total. The van der Waals surface area contributed by atoms with Crippen LogP contribution in [-0.2, 0) is 11.3 Å². The summed E-state index contributed by atoms with van der Waals surface area (Å²) in [6.07, 6.45) is 1.98. The van der Waals surface area contributed by atoms with Gasteiger partial charge in [0.15, 0.2) is 0 Å². The van der Waals surface area contributed by atoms with Crippen LogP contribution in [0.3, 0.4) is 0 Å². The maximum atomic E-state index is 5.87. The van der Waals surface area contributed by atoms with Gasteiger partial charge in [-0.25, -0.2) is 0 Å². The predicted molar refractivity (Wildman–Crippen MR) is 106 cm³/mol. The van der Waals surface area contributed by atoms with Crippen molar-refractivity contribution >= 4 is 0 Å². The highest BCUT2D eigenvalue weighted by atomic mass is 16.5. The first-order chi connectivity index (χ1) is 12.5. The summed E-state index contributed by atoms with van der Waals surface area (Å²) in [6, 6.07) is 6.38. The third kappa shape index (κ3) is 5.83. The molecule has 144 valence electrons. The van der Waals surface area contributed by atoms with Crippen molar-refractivity contribution in [3.8, 4) is 17.0 Å². The highest BCUT2D eigenvalue weighted by molar-refractivity contribution is 5.65. The second-order valence-corrected chi connectivity index (χ2v) is 6.89. The van der Waals surface area contributed by atoms with Crippen LogP contribution in [0.5, 0.6) is 5.75 Å². The number of likely N-dealkylation sites (N-methyl/N-ethyl adjacent to an activating group) is 2. The second kappa shape index (κ2) is 10.3. The minimum absolute atomic E-state index is 0.417. The molecule has 0 aliphatic carbocycles. The van der Waals surface area contributed by atoms with E-state index in [1.807, 2.05) is 13.2 Å². The molecule has 1 aromatic carbocycles. The van der Waals surface area contributed by atoms with Crippen LogP contribution >= 0.6 is 0 Å². The molecule has 0 bridgehead atoms. The molecule has 0 aliphatic heterocycles. The maximum absolute atomic E-state index is 5.87.